The number of aromatic hydroxyl groups is 1. The van der Waals surface area contributed by atoms with Crippen molar-refractivity contribution in [3.05, 3.63) is 30.0 Å². The van der Waals surface area contributed by atoms with Crippen LogP contribution >= 0.6 is 0 Å². The van der Waals surface area contributed by atoms with Crippen LogP contribution in [-0.2, 0) is 14.1 Å². The number of hydrogen-bond acceptors (Lipinski definition) is 4. The van der Waals surface area contributed by atoms with Crippen molar-refractivity contribution >= 4 is 22.6 Å². The van der Waals surface area contributed by atoms with Crippen molar-refractivity contribution < 1.29 is 9.90 Å². The van der Waals surface area contributed by atoms with E-state index >= 15 is 0 Å². The van der Waals surface area contributed by atoms with Gasteiger partial charge in [-0.3, -0.25) is 4.79 Å². The summed E-state index contributed by atoms with van der Waals surface area (Å²) in [6, 6.07) is 5.54. The number of nitrogens with two attached hydrogens (primary N) is 1. The first-order valence-corrected chi connectivity index (χ1v) is 9.37. The molecule has 3 heterocycles. The Morgan fingerprint density at radius 3 is 2.56 bits per heavy atom. The van der Waals surface area contributed by atoms with Gasteiger partial charge in [0.05, 0.1) is 16.6 Å². The van der Waals surface area contributed by atoms with Gasteiger partial charge < -0.3 is 24.9 Å². The van der Waals surface area contributed by atoms with Gasteiger partial charge in [0.1, 0.15) is 5.69 Å². The summed E-state index contributed by atoms with van der Waals surface area (Å²) in [5.74, 6) is 0.475. The topological polar surface area (TPSA) is 89.3 Å². The standard InChI is InChI=1S/C20H25N5O2/c1-23-12-14(20(27)25-9-5-3-4-6-10-25)18(26)17(23)19-22-15-11-13(21)7-8-16(15)24(19)2/h7-8,11-12,26H,3-6,9-10,21H2,1-2H3. The van der Waals surface area contributed by atoms with Crippen LogP contribution < -0.4 is 5.73 Å². The van der Waals surface area contributed by atoms with Crippen LogP contribution in [-0.4, -0.2) is 43.1 Å². The summed E-state index contributed by atoms with van der Waals surface area (Å²) < 4.78 is 3.68. The molecule has 1 aromatic carbocycles. The molecule has 1 fully saturated rings. The van der Waals surface area contributed by atoms with Crippen LogP contribution in [0.25, 0.3) is 22.6 Å². The predicted octanol–water partition coefficient (Wildman–Crippen LogP) is 2.88. The van der Waals surface area contributed by atoms with Crippen LogP contribution in [0.1, 0.15) is 36.0 Å². The molecule has 0 saturated carbocycles. The maximum absolute atomic E-state index is 13.0. The molecule has 2 aromatic heterocycles. The van der Waals surface area contributed by atoms with Gasteiger partial charge in [-0.2, -0.15) is 0 Å². The second-order valence-corrected chi connectivity index (χ2v) is 7.30. The number of fused-ring (bicyclic) bond motifs is 1. The van der Waals surface area contributed by atoms with E-state index in [-0.39, 0.29) is 11.7 Å². The van der Waals surface area contributed by atoms with Crippen molar-refractivity contribution in [2.24, 2.45) is 14.1 Å². The summed E-state index contributed by atoms with van der Waals surface area (Å²) >= 11 is 0. The van der Waals surface area contributed by atoms with Crippen LogP contribution in [0.4, 0.5) is 5.69 Å². The number of amides is 1. The smallest absolute Gasteiger partial charge is 0.259 e. The van der Waals surface area contributed by atoms with Crippen molar-refractivity contribution in [2.75, 3.05) is 18.8 Å². The number of carbonyl (C=O) groups excluding carboxylic acids is 1. The van der Waals surface area contributed by atoms with Crippen molar-refractivity contribution in [3.8, 4) is 17.3 Å². The number of rotatable bonds is 2. The molecular weight excluding hydrogens is 342 g/mol. The lowest BCUT2D eigenvalue weighted by atomic mass is 10.2. The average Bonchev–Trinajstić information content (AvgIpc) is 2.97. The van der Waals surface area contributed by atoms with Gasteiger partial charge in [0.25, 0.3) is 5.91 Å². The maximum atomic E-state index is 13.0. The number of aromatic nitrogens is 3. The SMILES string of the molecule is Cn1cc(C(=O)N2CCCCCC2)c(O)c1-c1nc2cc(N)ccc2n1C. The summed E-state index contributed by atoms with van der Waals surface area (Å²) in [6.07, 6.45) is 6.03. The quantitative estimate of drug-likeness (QED) is 0.682. The van der Waals surface area contributed by atoms with Crippen LogP contribution in [0.2, 0.25) is 0 Å². The normalized spacial score (nSPS) is 15.3. The van der Waals surface area contributed by atoms with Gasteiger partial charge in [-0.05, 0) is 31.0 Å². The molecule has 0 radical (unpaired) electrons. The van der Waals surface area contributed by atoms with Gasteiger partial charge in [0, 0.05) is 39.1 Å². The molecule has 7 nitrogen and oxygen atoms in total. The van der Waals surface area contributed by atoms with Crippen molar-refractivity contribution in [2.45, 2.75) is 25.7 Å². The number of hydrogen-bond donors (Lipinski definition) is 2. The van der Waals surface area contributed by atoms with Gasteiger partial charge in [-0.1, -0.05) is 12.8 Å². The van der Waals surface area contributed by atoms with E-state index in [1.165, 1.54) is 0 Å². The Balaban J connectivity index is 1.77. The first kappa shape index (κ1) is 17.5. The third-order valence-corrected chi connectivity index (χ3v) is 5.40. The average molecular weight is 367 g/mol. The monoisotopic (exact) mass is 367 g/mol. The van der Waals surface area contributed by atoms with Crippen LogP contribution in [0, 0.1) is 0 Å². The molecule has 0 bridgehead atoms. The molecule has 1 aliphatic heterocycles. The largest absolute Gasteiger partial charge is 0.505 e. The van der Waals surface area contributed by atoms with Gasteiger partial charge in [-0.25, -0.2) is 4.98 Å². The summed E-state index contributed by atoms with van der Waals surface area (Å²) in [5, 5.41) is 10.9. The zero-order valence-electron chi connectivity index (χ0n) is 15.8. The summed E-state index contributed by atoms with van der Waals surface area (Å²) in [5.41, 5.74) is 9.05. The van der Waals surface area contributed by atoms with Crippen molar-refractivity contribution in [1.82, 2.24) is 19.0 Å². The number of nitrogen functional groups attached to an aromatic ring is 1. The van der Waals surface area contributed by atoms with Crippen molar-refractivity contribution in [3.63, 3.8) is 0 Å². The van der Waals surface area contributed by atoms with E-state index in [0.29, 0.717) is 22.8 Å². The lowest BCUT2D eigenvalue weighted by molar-refractivity contribution is 0.0759. The minimum absolute atomic E-state index is 0.0156. The molecule has 142 valence electrons. The van der Waals surface area contributed by atoms with Gasteiger partial charge >= 0.3 is 0 Å². The summed E-state index contributed by atoms with van der Waals surface area (Å²) in [6.45, 7) is 1.49. The number of carbonyl (C=O) groups is 1. The van der Waals surface area contributed by atoms with Gasteiger partial charge in [0.15, 0.2) is 11.6 Å². The molecule has 4 rings (SSSR count). The Labute approximate surface area is 158 Å². The highest BCUT2D eigenvalue weighted by molar-refractivity contribution is 5.99. The number of imidazole rings is 1. The lowest BCUT2D eigenvalue weighted by Gasteiger charge is -2.19. The number of nitrogens with zero attached hydrogens (tertiary/aromatic N) is 4. The molecule has 0 unspecified atom stereocenters. The predicted molar refractivity (Wildman–Crippen MR) is 106 cm³/mol. The molecule has 1 amide bonds. The number of aryl methyl sites for hydroxylation is 2. The summed E-state index contributed by atoms with van der Waals surface area (Å²) in [4.78, 5) is 19.5. The van der Waals surface area contributed by atoms with Gasteiger partial charge in [0.2, 0.25) is 0 Å². The fourth-order valence-electron chi connectivity index (χ4n) is 3.91. The van der Waals surface area contributed by atoms with E-state index in [0.717, 1.165) is 49.8 Å². The fourth-order valence-corrected chi connectivity index (χ4v) is 3.91. The van der Waals surface area contributed by atoms with Gasteiger partial charge in [-0.15, -0.1) is 0 Å². The molecule has 27 heavy (non-hydrogen) atoms. The first-order valence-electron chi connectivity index (χ1n) is 9.37. The highest BCUT2D eigenvalue weighted by Crippen LogP contribution is 2.35. The van der Waals surface area contributed by atoms with E-state index in [1.807, 2.05) is 41.8 Å². The van der Waals surface area contributed by atoms with Crippen LogP contribution in [0.5, 0.6) is 5.75 Å². The van der Waals surface area contributed by atoms with Crippen LogP contribution in [0.3, 0.4) is 0 Å². The van der Waals surface area contributed by atoms with Crippen molar-refractivity contribution in [1.29, 1.82) is 0 Å². The second kappa shape index (κ2) is 6.64. The molecular formula is C20H25N5O2. The molecule has 0 atom stereocenters. The fraction of sp³-hybridized carbons (Fsp3) is 0.400. The minimum Gasteiger partial charge on any atom is -0.505 e. The third-order valence-electron chi connectivity index (χ3n) is 5.40. The molecule has 3 aromatic rings. The number of anilines is 1. The molecule has 0 aliphatic carbocycles. The van der Waals surface area contributed by atoms with E-state index in [1.54, 1.807) is 10.8 Å². The minimum atomic E-state index is -0.112. The zero-order chi connectivity index (χ0) is 19.1. The molecule has 0 spiro atoms. The molecule has 7 heteroatoms. The third kappa shape index (κ3) is 2.93. The number of benzene rings is 1. The lowest BCUT2D eigenvalue weighted by Crippen LogP contribution is -2.31. The highest BCUT2D eigenvalue weighted by atomic mass is 16.3. The Morgan fingerprint density at radius 2 is 1.85 bits per heavy atom. The van der Waals surface area contributed by atoms with E-state index in [2.05, 4.69) is 4.98 Å². The maximum Gasteiger partial charge on any atom is 0.259 e. The first-order chi connectivity index (χ1) is 13.0. The Hall–Kier alpha value is -2.96. The van der Waals surface area contributed by atoms with E-state index < -0.39 is 0 Å². The molecule has 3 N–H and O–H groups in total. The van der Waals surface area contributed by atoms with Crippen LogP contribution in [0.15, 0.2) is 24.4 Å². The second-order valence-electron chi connectivity index (χ2n) is 7.30. The Morgan fingerprint density at radius 1 is 1.15 bits per heavy atom. The highest BCUT2D eigenvalue weighted by Gasteiger charge is 2.27. The van der Waals surface area contributed by atoms with E-state index in [4.69, 9.17) is 5.73 Å². The zero-order valence-corrected chi connectivity index (χ0v) is 15.8. The molecule has 1 aliphatic rings. The van der Waals surface area contributed by atoms with E-state index in [9.17, 15) is 9.90 Å². The molecule has 1 saturated heterocycles. The Bertz CT molecular complexity index is 1010. The Kier molecular flexibility index (Phi) is 4.30. The summed E-state index contributed by atoms with van der Waals surface area (Å²) in [7, 11) is 3.71. The number of likely N-dealkylation sites (tertiary alicyclic amines) is 1.